The number of ether oxygens (including phenoxy) is 2. The summed E-state index contributed by atoms with van der Waals surface area (Å²) in [6, 6.07) is 4.16. The number of aromatic nitrogens is 1. The Kier molecular flexibility index (Phi) is 7.80. The van der Waals surface area contributed by atoms with Gasteiger partial charge in [-0.05, 0) is 90.9 Å². The molecule has 1 aromatic heterocycles. The van der Waals surface area contributed by atoms with Crippen molar-refractivity contribution in [3.63, 3.8) is 0 Å². The lowest BCUT2D eigenvalue weighted by Gasteiger charge is -2.56. The molecule has 2 saturated heterocycles. The van der Waals surface area contributed by atoms with Crippen LogP contribution in [0.3, 0.4) is 0 Å². The van der Waals surface area contributed by atoms with Crippen molar-refractivity contribution in [1.82, 2.24) is 14.8 Å². The van der Waals surface area contributed by atoms with Crippen LogP contribution in [-0.4, -0.2) is 64.8 Å². The minimum Gasteiger partial charge on any atom is -0.472 e. The standard InChI is InChI=1S/C32H45N3O3/c1-6-17-34(18-7-2)19-11-15-31(4,5)38-30(36)28-23(3)33-26-13-14-27-25(29(26)28)22-24-12-10-21-35-20-9-8-16-32(24,35)37-27/h13-14,24,33H,6-10,12,16-22H2,1-5H3. The van der Waals surface area contributed by atoms with E-state index in [1.807, 2.05) is 20.8 Å². The van der Waals surface area contributed by atoms with Gasteiger partial charge in [-0.25, -0.2) is 4.79 Å². The predicted molar refractivity (Wildman–Crippen MR) is 153 cm³/mol. The zero-order valence-corrected chi connectivity index (χ0v) is 24.0. The van der Waals surface area contributed by atoms with Crippen LogP contribution in [-0.2, 0) is 11.2 Å². The number of aromatic amines is 1. The maximum Gasteiger partial charge on any atom is 0.342 e. The van der Waals surface area contributed by atoms with Crippen molar-refractivity contribution in [3.8, 4) is 17.6 Å². The highest BCUT2D eigenvalue weighted by Gasteiger charge is 2.52. The van der Waals surface area contributed by atoms with Gasteiger partial charge in [0.05, 0.1) is 12.1 Å². The van der Waals surface area contributed by atoms with Crippen molar-refractivity contribution in [3.05, 3.63) is 29.0 Å². The molecule has 6 nitrogen and oxygen atoms in total. The lowest BCUT2D eigenvalue weighted by atomic mass is 9.74. The van der Waals surface area contributed by atoms with Gasteiger partial charge in [-0.1, -0.05) is 25.7 Å². The zero-order valence-electron chi connectivity index (χ0n) is 24.0. The summed E-state index contributed by atoms with van der Waals surface area (Å²) in [5, 5.41) is 0.966. The summed E-state index contributed by atoms with van der Waals surface area (Å²) in [6.07, 6.45) is 9.10. The third-order valence-corrected chi connectivity index (χ3v) is 8.64. The van der Waals surface area contributed by atoms with Crippen LogP contribution in [0.4, 0.5) is 0 Å². The molecule has 0 radical (unpaired) electrons. The summed E-state index contributed by atoms with van der Waals surface area (Å²) in [4.78, 5) is 22.1. The quantitative estimate of drug-likeness (QED) is 0.356. The average Bonchev–Trinajstić information content (AvgIpc) is 3.22. The molecule has 2 fully saturated rings. The molecule has 2 unspecified atom stereocenters. The summed E-state index contributed by atoms with van der Waals surface area (Å²) >= 11 is 0. The molecular weight excluding hydrogens is 474 g/mol. The minimum atomic E-state index is -0.876. The van der Waals surface area contributed by atoms with Gasteiger partial charge in [0.2, 0.25) is 0 Å². The second-order valence-electron chi connectivity index (χ2n) is 12.0. The van der Waals surface area contributed by atoms with E-state index in [0.717, 1.165) is 79.8 Å². The number of carbonyl (C=O) groups is 1. The van der Waals surface area contributed by atoms with Crippen LogP contribution in [0.25, 0.3) is 10.9 Å². The lowest BCUT2D eigenvalue weighted by molar-refractivity contribution is -0.177. The number of fused-ring (bicyclic) bond motifs is 3. The molecule has 3 aliphatic rings. The van der Waals surface area contributed by atoms with Crippen LogP contribution in [0.2, 0.25) is 0 Å². The molecule has 0 saturated carbocycles. The van der Waals surface area contributed by atoms with Gasteiger partial charge in [-0.2, -0.15) is 0 Å². The normalized spacial score (nSPS) is 23.2. The fourth-order valence-corrected chi connectivity index (χ4v) is 7.04. The zero-order chi connectivity index (χ0) is 26.9. The molecule has 6 heteroatoms. The molecule has 2 atom stereocenters. The van der Waals surface area contributed by atoms with Crippen LogP contribution in [0.5, 0.6) is 5.75 Å². The minimum absolute atomic E-state index is 0.176. The molecule has 0 amide bonds. The Morgan fingerprint density at radius 1 is 1.21 bits per heavy atom. The van der Waals surface area contributed by atoms with Crippen molar-refractivity contribution >= 4 is 16.9 Å². The van der Waals surface area contributed by atoms with Crippen molar-refractivity contribution < 1.29 is 14.3 Å². The number of carbonyl (C=O) groups excluding carboxylic acids is 1. The van der Waals surface area contributed by atoms with E-state index >= 15 is 0 Å². The monoisotopic (exact) mass is 519 g/mol. The highest BCUT2D eigenvalue weighted by atomic mass is 16.6. The maximum atomic E-state index is 13.7. The number of hydrogen-bond donors (Lipinski definition) is 1. The highest BCUT2D eigenvalue weighted by molar-refractivity contribution is 6.07. The molecule has 4 heterocycles. The molecule has 1 aromatic carbocycles. The number of H-pyrrole nitrogens is 1. The van der Waals surface area contributed by atoms with Gasteiger partial charge in [0.25, 0.3) is 0 Å². The average molecular weight is 520 g/mol. The number of piperidine rings is 2. The Labute approximate surface area is 228 Å². The van der Waals surface area contributed by atoms with Crippen LogP contribution < -0.4 is 4.74 Å². The van der Waals surface area contributed by atoms with Crippen LogP contribution in [0.1, 0.15) is 94.3 Å². The molecule has 206 valence electrons. The summed E-state index contributed by atoms with van der Waals surface area (Å²) in [6.45, 7) is 15.1. The number of esters is 1. The molecule has 2 aromatic rings. The smallest absolute Gasteiger partial charge is 0.342 e. The molecule has 38 heavy (non-hydrogen) atoms. The van der Waals surface area contributed by atoms with E-state index in [4.69, 9.17) is 9.47 Å². The first-order valence-corrected chi connectivity index (χ1v) is 14.8. The van der Waals surface area contributed by atoms with Crippen molar-refractivity contribution in [2.45, 2.75) is 97.3 Å². The first-order valence-electron chi connectivity index (χ1n) is 14.8. The van der Waals surface area contributed by atoms with E-state index in [2.05, 4.69) is 52.6 Å². The Morgan fingerprint density at radius 3 is 2.74 bits per heavy atom. The number of hydrogen-bond acceptors (Lipinski definition) is 5. The van der Waals surface area contributed by atoms with E-state index in [1.165, 1.54) is 25.7 Å². The van der Waals surface area contributed by atoms with E-state index in [1.54, 1.807) is 0 Å². The second-order valence-corrected chi connectivity index (χ2v) is 12.0. The largest absolute Gasteiger partial charge is 0.472 e. The molecule has 0 aliphatic carbocycles. The second kappa shape index (κ2) is 10.9. The van der Waals surface area contributed by atoms with Gasteiger partial charge in [-0.3, -0.25) is 9.80 Å². The summed E-state index contributed by atoms with van der Waals surface area (Å²) < 4.78 is 13.0. The third kappa shape index (κ3) is 5.08. The Bertz CT molecular complexity index is 1230. The summed E-state index contributed by atoms with van der Waals surface area (Å²) in [7, 11) is 0. The number of rotatable bonds is 7. The molecular formula is C32H45N3O3. The van der Waals surface area contributed by atoms with Crippen molar-refractivity contribution in [2.75, 3.05) is 32.7 Å². The first-order chi connectivity index (χ1) is 18.3. The van der Waals surface area contributed by atoms with Gasteiger partial charge in [0.15, 0.2) is 11.3 Å². The van der Waals surface area contributed by atoms with Gasteiger partial charge < -0.3 is 14.5 Å². The van der Waals surface area contributed by atoms with Crippen molar-refractivity contribution in [2.24, 2.45) is 5.92 Å². The number of nitrogens with zero attached hydrogens (tertiary/aromatic N) is 2. The van der Waals surface area contributed by atoms with Gasteiger partial charge in [-0.15, -0.1) is 0 Å². The fourth-order valence-electron chi connectivity index (χ4n) is 7.04. The van der Waals surface area contributed by atoms with E-state index in [9.17, 15) is 4.79 Å². The highest BCUT2D eigenvalue weighted by Crippen LogP contribution is 2.50. The fraction of sp³-hybridized carbons (Fsp3) is 0.656. The first kappa shape index (κ1) is 27.1. The summed E-state index contributed by atoms with van der Waals surface area (Å²) in [5.41, 5.74) is 2.54. The van der Waals surface area contributed by atoms with E-state index < -0.39 is 5.60 Å². The van der Waals surface area contributed by atoms with Gasteiger partial charge in [0, 0.05) is 47.6 Å². The van der Waals surface area contributed by atoms with Crippen LogP contribution >= 0.6 is 0 Å². The van der Waals surface area contributed by atoms with Gasteiger partial charge >= 0.3 is 5.97 Å². The molecule has 1 N–H and O–H groups in total. The third-order valence-electron chi connectivity index (χ3n) is 8.64. The molecule has 5 rings (SSSR count). The Morgan fingerprint density at radius 2 is 1.97 bits per heavy atom. The molecule has 1 spiro atoms. The van der Waals surface area contributed by atoms with Crippen LogP contribution in [0.15, 0.2) is 12.1 Å². The van der Waals surface area contributed by atoms with Gasteiger partial charge in [0.1, 0.15) is 5.75 Å². The predicted octanol–water partition coefficient (Wildman–Crippen LogP) is 6.06. The van der Waals surface area contributed by atoms with Crippen LogP contribution in [0, 0.1) is 24.7 Å². The summed E-state index contributed by atoms with van der Waals surface area (Å²) in [5.74, 6) is 7.56. The van der Waals surface area contributed by atoms with E-state index in [-0.39, 0.29) is 11.7 Å². The molecule has 0 bridgehead atoms. The Hall–Kier alpha value is -2.49. The topological polar surface area (TPSA) is 57.8 Å². The maximum absolute atomic E-state index is 13.7. The number of nitrogens with one attached hydrogen (secondary N) is 1. The Balaban J connectivity index is 1.42. The number of aryl methyl sites for hydroxylation is 1. The SMILES string of the molecule is CCCN(CC#CC(C)(C)OC(=O)c1c(C)[nH]c2ccc3c(c12)CC1CCCN2CCCCC12O3)CCC. The lowest BCUT2D eigenvalue weighted by Crippen LogP contribution is -2.64. The number of benzene rings is 1. The molecule has 3 aliphatic heterocycles. The van der Waals surface area contributed by atoms with E-state index in [0.29, 0.717) is 18.0 Å². The van der Waals surface area contributed by atoms with Crippen molar-refractivity contribution in [1.29, 1.82) is 0 Å².